The van der Waals surface area contributed by atoms with Gasteiger partial charge in [-0.3, -0.25) is 0 Å². The van der Waals surface area contributed by atoms with Crippen LogP contribution in [0.25, 0.3) is 0 Å². The van der Waals surface area contributed by atoms with Crippen LogP contribution in [0.1, 0.15) is 50.8 Å². The molecule has 1 heterocycles. The molecule has 2 rings (SSSR count). The molecular formula is C18H30N2O2S. The summed E-state index contributed by atoms with van der Waals surface area (Å²) < 4.78 is 27.9. The summed E-state index contributed by atoms with van der Waals surface area (Å²) in [6, 6.07) is 4.30. The summed E-state index contributed by atoms with van der Waals surface area (Å²) in [5.41, 5.74) is 2.89. The van der Waals surface area contributed by atoms with E-state index in [-0.39, 0.29) is 11.5 Å². The molecule has 0 spiro atoms. The monoisotopic (exact) mass is 338 g/mol. The van der Waals surface area contributed by atoms with Crippen molar-refractivity contribution in [2.75, 3.05) is 19.6 Å². The molecular weight excluding hydrogens is 308 g/mol. The Morgan fingerprint density at radius 2 is 1.78 bits per heavy atom. The Morgan fingerprint density at radius 1 is 1.22 bits per heavy atom. The lowest BCUT2D eigenvalue weighted by atomic mass is 9.85. The SMILES string of the molecule is CCC1CN(S(=O)(=O)c2c(C)cc(C(C)(C)C)cc2C)CCN1. The number of aryl methyl sites for hydroxylation is 2. The molecule has 1 saturated heterocycles. The van der Waals surface area contributed by atoms with Crippen LogP contribution in [0.15, 0.2) is 17.0 Å². The second kappa shape index (κ2) is 6.54. The van der Waals surface area contributed by atoms with E-state index in [1.165, 1.54) is 5.56 Å². The van der Waals surface area contributed by atoms with E-state index in [1.807, 2.05) is 26.0 Å². The van der Waals surface area contributed by atoms with Gasteiger partial charge in [0.05, 0.1) is 4.90 Å². The first kappa shape index (κ1) is 18.4. The van der Waals surface area contributed by atoms with Crippen LogP contribution in [0.2, 0.25) is 0 Å². The quantitative estimate of drug-likeness (QED) is 0.922. The normalized spacial score (nSPS) is 20.7. The van der Waals surface area contributed by atoms with E-state index in [1.54, 1.807) is 4.31 Å². The average molecular weight is 339 g/mol. The topological polar surface area (TPSA) is 49.4 Å². The maximum Gasteiger partial charge on any atom is 0.243 e. The highest BCUT2D eigenvalue weighted by Crippen LogP contribution is 2.31. The van der Waals surface area contributed by atoms with Gasteiger partial charge in [-0.1, -0.05) is 39.8 Å². The van der Waals surface area contributed by atoms with Crippen LogP contribution in [0.3, 0.4) is 0 Å². The molecule has 1 unspecified atom stereocenters. The van der Waals surface area contributed by atoms with Crippen LogP contribution < -0.4 is 5.32 Å². The average Bonchev–Trinajstić information content (AvgIpc) is 2.45. The van der Waals surface area contributed by atoms with Crippen molar-refractivity contribution in [1.82, 2.24) is 9.62 Å². The second-order valence-electron chi connectivity index (χ2n) is 7.61. The van der Waals surface area contributed by atoms with Crippen LogP contribution in [-0.4, -0.2) is 38.4 Å². The molecule has 130 valence electrons. The summed E-state index contributed by atoms with van der Waals surface area (Å²) in [5, 5.41) is 3.37. The molecule has 0 radical (unpaired) electrons. The van der Waals surface area contributed by atoms with Gasteiger partial charge in [0.1, 0.15) is 0 Å². The Morgan fingerprint density at radius 3 is 2.26 bits per heavy atom. The molecule has 0 aromatic heterocycles. The van der Waals surface area contributed by atoms with Crippen molar-refractivity contribution in [2.24, 2.45) is 0 Å². The molecule has 0 amide bonds. The highest BCUT2D eigenvalue weighted by atomic mass is 32.2. The number of benzene rings is 1. The van der Waals surface area contributed by atoms with Gasteiger partial charge >= 0.3 is 0 Å². The van der Waals surface area contributed by atoms with Crippen molar-refractivity contribution >= 4 is 10.0 Å². The minimum atomic E-state index is -3.44. The molecule has 1 aromatic rings. The van der Waals surface area contributed by atoms with Gasteiger partial charge in [0.25, 0.3) is 0 Å². The van der Waals surface area contributed by atoms with Crippen molar-refractivity contribution in [3.63, 3.8) is 0 Å². The number of hydrogen-bond acceptors (Lipinski definition) is 3. The Bertz CT molecular complexity index is 652. The molecule has 5 heteroatoms. The lowest BCUT2D eigenvalue weighted by molar-refractivity contribution is 0.293. The van der Waals surface area contributed by atoms with Gasteiger partial charge in [-0.15, -0.1) is 0 Å². The van der Waals surface area contributed by atoms with Crippen LogP contribution in [0.4, 0.5) is 0 Å². The third-order valence-corrected chi connectivity index (χ3v) is 6.81. The van der Waals surface area contributed by atoms with Crippen molar-refractivity contribution in [3.8, 4) is 0 Å². The first-order valence-electron chi connectivity index (χ1n) is 8.42. The summed E-state index contributed by atoms with van der Waals surface area (Å²) in [5.74, 6) is 0. The summed E-state index contributed by atoms with van der Waals surface area (Å²) >= 11 is 0. The van der Waals surface area contributed by atoms with Crippen LogP contribution in [-0.2, 0) is 15.4 Å². The number of nitrogens with one attached hydrogen (secondary N) is 1. The van der Waals surface area contributed by atoms with Crippen LogP contribution in [0, 0.1) is 13.8 Å². The van der Waals surface area contributed by atoms with E-state index in [9.17, 15) is 8.42 Å². The minimum absolute atomic E-state index is 0.0140. The van der Waals surface area contributed by atoms with E-state index in [0.29, 0.717) is 18.0 Å². The number of piperazine rings is 1. The fraction of sp³-hybridized carbons (Fsp3) is 0.667. The van der Waals surface area contributed by atoms with Crippen molar-refractivity contribution in [3.05, 3.63) is 28.8 Å². The fourth-order valence-corrected chi connectivity index (χ4v) is 5.10. The molecule has 0 bridgehead atoms. The first-order valence-corrected chi connectivity index (χ1v) is 9.86. The molecule has 23 heavy (non-hydrogen) atoms. The lowest BCUT2D eigenvalue weighted by Crippen LogP contribution is -2.52. The maximum atomic E-state index is 13.1. The van der Waals surface area contributed by atoms with Gasteiger partial charge in [-0.2, -0.15) is 4.31 Å². The van der Waals surface area contributed by atoms with Crippen molar-refractivity contribution in [1.29, 1.82) is 0 Å². The zero-order valence-electron chi connectivity index (χ0n) is 15.2. The summed E-state index contributed by atoms with van der Waals surface area (Å²) in [7, 11) is -3.44. The third-order valence-electron chi connectivity index (χ3n) is 4.64. The van der Waals surface area contributed by atoms with Gasteiger partial charge in [-0.25, -0.2) is 8.42 Å². The molecule has 1 atom stereocenters. The van der Waals surface area contributed by atoms with Gasteiger partial charge < -0.3 is 5.32 Å². The smallest absolute Gasteiger partial charge is 0.243 e. The van der Waals surface area contributed by atoms with Crippen LogP contribution in [0.5, 0.6) is 0 Å². The molecule has 1 aliphatic heterocycles. The predicted octanol–water partition coefficient (Wildman–Crippen LogP) is 2.97. The van der Waals surface area contributed by atoms with Gasteiger partial charge in [0.15, 0.2) is 0 Å². The molecule has 1 aromatic carbocycles. The van der Waals surface area contributed by atoms with Crippen molar-refractivity contribution < 1.29 is 8.42 Å². The summed E-state index contributed by atoms with van der Waals surface area (Å²) in [4.78, 5) is 0.488. The van der Waals surface area contributed by atoms with E-state index in [4.69, 9.17) is 0 Å². The number of sulfonamides is 1. The van der Waals surface area contributed by atoms with Crippen molar-refractivity contribution in [2.45, 2.75) is 64.3 Å². The molecule has 0 saturated carbocycles. The van der Waals surface area contributed by atoms with Crippen LogP contribution >= 0.6 is 0 Å². The van der Waals surface area contributed by atoms with Gasteiger partial charge in [0.2, 0.25) is 10.0 Å². The lowest BCUT2D eigenvalue weighted by Gasteiger charge is -2.33. The molecule has 1 N–H and O–H groups in total. The Balaban J connectivity index is 2.44. The van der Waals surface area contributed by atoms with E-state index >= 15 is 0 Å². The second-order valence-corrected chi connectivity index (χ2v) is 9.49. The summed E-state index contributed by atoms with van der Waals surface area (Å²) in [6.45, 7) is 14.2. The zero-order chi connectivity index (χ0) is 17.4. The largest absolute Gasteiger partial charge is 0.311 e. The Hall–Kier alpha value is -0.910. The Labute approximate surface area is 141 Å². The third kappa shape index (κ3) is 3.78. The van der Waals surface area contributed by atoms with E-state index < -0.39 is 10.0 Å². The summed E-state index contributed by atoms with van der Waals surface area (Å²) in [6.07, 6.45) is 0.937. The van der Waals surface area contributed by atoms with E-state index in [2.05, 4.69) is 33.0 Å². The maximum absolute atomic E-state index is 13.1. The number of rotatable bonds is 3. The Kier molecular flexibility index (Phi) is 5.24. The van der Waals surface area contributed by atoms with Gasteiger partial charge in [0, 0.05) is 25.7 Å². The molecule has 1 fully saturated rings. The number of hydrogen-bond donors (Lipinski definition) is 1. The molecule has 4 nitrogen and oxygen atoms in total. The molecule has 0 aliphatic carbocycles. The molecule has 1 aliphatic rings. The van der Waals surface area contributed by atoms with Gasteiger partial charge in [-0.05, 0) is 42.4 Å². The van der Waals surface area contributed by atoms with E-state index in [0.717, 1.165) is 24.1 Å². The zero-order valence-corrected chi connectivity index (χ0v) is 16.0. The highest BCUT2D eigenvalue weighted by Gasteiger charge is 2.32. The predicted molar refractivity (Wildman–Crippen MR) is 95.5 cm³/mol. The number of nitrogens with zero attached hydrogens (tertiary/aromatic N) is 1. The fourth-order valence-electron chi connectivity index (χ4n) is 3.21. The standard InChI is InChI=1S/C18H30N2O2S/c1-7-16-12-20(9-8-19-16)23(21,22)17-13(2)10-15(11-14(17)3)18(4,5)6/h10-11,16,19H,7-9,12H2,1-6H3. The minimum Gasteiger partial charge on any atom is -0.311 e. The first-order chi connectivity index (χ1) is 10.6. The highest BCUT2D eigenvalue weighted by molar-refractivity contribution is 7.89.